The van der Waals surface area contributed by atoms with Gasteiger partial charge in [0.2, 0.25) is 5.91 Å². The average molecular weight is 387 g/mol. The molecule has 2 aliphatic heterocycles. The number of carbonyl (C=O) groups excluding carboxylic acids is 1. The number of piperidine rings is 1. The van der Waals surface area contributed by atoms with E-state index in [0.717, 1.165) is 69.0 Å². The molecule has 1 N–H and O–H groups in total. The van der Waals surface area contributed by atoms with E-state index in [0.29, 0.717) is 18.8 Å². The van der Waals surface area contributed by atoms with Gasteiger partial charge in [-0.3, -0.25) is 9.69 Å². The summed E-state index contributed by atoms with van der Waals surface area (Å²) in [4.78, 5) is 28.3. The standard InChI is InChI=1S/C19H29N7O2/c1-14-16-17(21-13-22-19(16)28-23-14)26-6-3-4-15(12-26)18(27)20-5-7-25-10-8-24(2)9-11-25/h13,15H,3-12H2,1-2H3,(H,20,27). The third kappa shape index (κ3) is 4.10. The monoisotopic (exact) mass is 387 g/mol. The first-order valence-electron chi connectivity index (χ1n) is 10.1. The third-order valence-electron chi connectivity index (χ3n) is 5.84. The van der Waals surface area contributed by atoms with E-state index >= 15 is 0 Å². The highest BCUT2D eigenvalue weighted by molar-refractivity contribution is 5.88. The summed E-state index contributed by atoms with van der Waals surface area (Å²) in [6.45, 7) is 9.41. The fourth-order valence-electron chi connectivity index (χ4n) is 4.08. The zero-order valence-electron chi connectivity index (χ0n) is 16.7. The third-order valence-corrected chi connectivity index (χ3v) is 5.84. The summed E-state index contributed by atoms with van der Waals surface area (Å²) in [6, 6.07) is 0. The van der Waals surface area contributed by atoms with Gasteiger partial charge in [-0.25, -0.2) is 4.98 Å². The van der Waals surface area contributed by atoms with Gasteiger partial charge in [-0.1, -0.05) is 5.16 Å². The van der Waals surface area contributed by atoms with Crippen molar-refractivity contribution in [2.24, 2.45) is 5.92 Å². The van der Waals surface area contributed by atoms with Crippen LogP contribution < -0.4 is 10.2 Å². The predicted octanol–water partition coefficient (Wildman–Crippen LogP) is 0.506. The first-order chi connectivity index (χ1) is 13.6. The molecular formula is C19H29N7O2. The van der Waals surface area contributed by atoms with Crippen molar-refractivity contribution in [3.8, 4) is 0 Å². The number of nitrogens with zero attached hydrogens (tertiary/aromatic N) is 6. The lowest BCUT2D eigenvalue weighted by Crippen LogP contribution is -2.48. The van der Waals surface area contributed by atoms with E-state index in [1.54, 1.807) is 0 Å². The predicted molar refractivity (Wildman–Crippen MR) is 106 cm³/mol. The van der Waals surface area contributed by atoms with Crippen molar-refractivity contribution in [1.82, 2.24) is 30.2 Å². The number of hydrogen-bond donors (Lipinski definition) is 1. The summed E-state index contributed by atoms with van der Waals surface area (Å²) in [5, 5.41) is 7.99. The zero-order valence-corrected chi connectivity index (χ0v) is 16.7. The summed E-state index contributed by atoms with van der Waals surface area (Å²) in [7, 11) is 2.15. The van der Waals surface area contributed by atoms with Crippen LogP contribution >= 0.6 is 0 Å². The van der Waals surface area contributed by atoms with Gasteiger partial charge in [0.05, 0.1) is 11.6 Å². The minimum absolute atomic E-state index is 0.0218. The molecule has 152 valence electrons. The second-order valence-electron chi connectivity index (χ2n) is 7.87. The van der Waals surface area contributed by atoms with Crippen LogP contribution in [-0.4, -0.2) is 90.2 Å². The van der Waals surface area contributed by atoms with E-state index < -0.39 is 0 Å². The zero-order chi connectivity index (χ0) is 19.5. The number of aryl methyl sites for hydroxylation is 1. The molecule has 9 heteroatoms. The molecule has 1 atom stereocenters. The van der Waals surface area contributed by atoms with Crippen LogP contribution in [-0.2, 0) is 4.79 Å². The molecule has 0 bridgehead atoms. The van der Waals surface area contributed by atoms with Gasteiger partial charge in [0, 0.05) is 52.4 Å². The molecule has 0 saturated carbocycles. The summed E-state index contributed by atoms with van der Waals surface area (Å²) < 4.78 is 5.26. The summed E-state index contributed by atoms with van der Waals surface area (Å²) in [5.74, 6) is 0.941. The maximum Gasteiger partial charge on any atom is 0.263 e. The van der Waals surface area contributed by atoms with Gasteiger partial charge < -0.3 is 19.6 Å². The van der Waals surface area contributed by atoms with E-state index in [1.165, 1.54) is 6.33 Å². The normalized spacial score (nSPS) is 21.9. The number of likely N-dealkylation sites (N-methyl/N-ethyl adjacent to an activating group) is 1. The molecule has 2 aromatic heterocycles. The van der Waals surface area contributed by atoms with Gasteiger partial charge in [-0.2, -0.15) is 4.98 Å². The molecule has 1 amide bonds. The Balaban J connectivity index is 1.33. The van der Waals surface area contributed by atoms with Crippen molar-refractivity contribution >= 4 is 22.8 Å². The van der Waals surface area contributed by atoms with Crippen LogP contribution in [0.3, 0.4) is 0 Å². The molecule has 0 spiro atoms. The fourth-order valence-corrected chi connectivity index (χ4v) is 4.08. The molecular weight excluding hydrogens is 358 g/mol. The second-order valence-corrected chi connectivity index (χ2v) is 7.87. The maximum absolute atomic E-state index is 12.7. The van der Waals surface area contributed by atoms with Gasteiger partial charge in [0.25, 0.3) is 5.71 Å². The van der Waals surface area contributed by atoms with E-state index in [-0.39, 0.29) is 11.8 Å². The van der Waals surface area contributed by atoms with Crippen LogP contribution in [0, 0.1) is 12.8 Å². The second kappa shape index (κ2) is 8.40. The van der Waals surface area contributed by atoms with Crippen molar-refractivity contribution < 1.29 is 9.32 Å². The molecule has 2 aliphatic rings. The Labute approximate surface area is 165 Å². The molecule has 28 heavy (non-hydrogen) atoms. The van der Waals surface area contributed by atoms with Gasteiger partial charge >= 0.3 is 0 Å². The fraction of sp³-hybridized carbons (Fsp3) is 0.684. The first kappa shape index (κ1) is 19.1. The molecule has 2 saturated heterocycles. The van der Waals surface area contributed by atoms with Crippen LogP contribution in [0.25, 0.3) is 11.1 Å². The van der Waals surface area contributed by atoms with Gasteiger partial charge in [0.1, 0.15) is 17.5 Å². The number of rotatable bonds is 5. The lowest BCUT2D eigenvalue weighted by molar-refractivity contribution is -0.125. The Morgan fingerprint density at radius 2 is 2.07 bits per heavy atom. The van der Waals surface area contributed by atoms with Gasteiger partial charge in [-0.05, 0) is 26.8 Å². The number of piperazine rings is 1. The smallest absolute Gasteiger partial charge is 0.263 e. The number of nitrogens with one attached hydrogen (secondary N) is 1. The van der Waals surface area contributed by atoms with Gasteiger partial charge in [0.15, 0.2) is 0 Å². The first-order valence-corrected chi connectivity index (χ1v) is 10.1. The minimum atomic E-state index is -0.0218. The minimum Gasteiger partial charge on any atom is -0.355 e. The highest BCUT2D eigenvalue weighted by Gasteiger charge is 2.28. The quantitative estimate of drug-likeness (QED) is 0.794. The van der Waals surface area contributed by atoms with Crippen molar-refractivity contribution in [2.45, 2.75) is 19.8 Å². The SMILES string of the molecule is Cc1noc2ncnc(N3CCCC(C(=O)NCCN4CCN(C)CC4)C3)c12. The number of hydrogen-bond acceptors (Lipinski definition) is 8. The average Bonchev–Trinajstić information content (AvgIpc) is 3.11. The molecule has 1 unspecified atom stereocenters. The molecule has 0 radical (unpaired) electrons. The van der Waals surface area contributed by atoms with E-state index in [4.69, 9.17) is 4.52 Å². The van der Waals surface area contributed by atoms with Crippen LogP contribution in [0.15, 0.2) is 10.9 Å². The number of amides is 1. The molecule has 4 heterocycles. The number of anilines is 1. The largest absolute Gasteiger partial charge is 0.355 e. The topological polar surface area (TPSA) is 90.6 Å². The van der Waals surface area contributed by atoms with Crippen LogP contribution in [0.5, 0.6) is 0 Å². The van der Waals surface area contributed by atoms with Crippen molar-refractivity contribution in [2.75, 3.05) is 64.3 Å². The van der Waals surface area contributed by atoms with Gasteiger partial charge in [-0.15, -0.1) is 0 Å². The Bertz CT molecular complexity index is 816. The molecule has 4 rings (SSSR count). The maximum atomic E-state index is 12.7. The van der Waals surface area contributed by atoms with E-state index in [9.17, 15) is 4.79 Å². The Hall–Kier alpha value is -2.26. The van der Waals surface area contributed by atoms with Crippen molar-refractivity contribution in [3.05, 3.63) is 12.0 Å². The molecule has 9 nitrogen and oxygen atoms in total. The van der Waals surface area contributed by atoms with E-state index in [1.807, 2.05) is 6.92 Å². The van der Waals surface area contributed by atoms with E-state index in [2.05, 4.69) is 42.2 Å². The summed E-state index contributed by atoms with van der Waals surface area (Å²) in [5.41, 5.74) is 1.28. The van der Waals surface area contributed by atoms with Crippen molar-refractivity contribution in [1.29, 1.82) is 0 Å². The summed E-state index contributed by atoms with van der Waals surface area (Å²) in [6.07, 6.45) is 3.38. The Kier molecular flexibility index (Phi) is 5.72. The highest BCUT2D eigenvalue weighted by atomic mass is 16.5. The van der Waals surface area contributed by atoms with Crippen LogP contribution in [0.1, 0.15) is 18.5 Å². The number of carbonyl (C=O) groups is 1. The Morgan fingerprint density at radius 3 is 2.89 bits per heavy atom. The van der Waals surface area contributed by atoms with Crippen molar-refractivity contribution in [3.63, 3.8) is 0 Å². The highest BCUT2D eigenvalue weighted by Crippen LogP contribution is 2.29. The summed E-state index contributed by atoms with van der Waals surface area (Å²) >= 11 is 0. The lowest BCUT2D eigenvalue weighted by atomic mass is 9.97. The van der Waals surface area contributed by atoms with Crippen LogP contribution in [0.2, 0.25) is 0 Å². The van der Waals surface area contributed by atoms with Crippen LogP contribution in [0.4, 0.5) is 5.82 Å². The molecule has 2 aromatic rings. The molecule has 0 aromatic carbocycles. The number of fused-ring (bicyclic) bond motifs is 1. The Morgan fingerprint density at radius 1 is 1.25 bits per heavy atom. The molecule has 0 aliphatic carbocycles. The lowest BCUT2D eigenvalue weighted by Gasteiger charge is -2.34. The number of aromatic nitrogens is 3. The molecule has 2 fully saturated rings.